The number of hydrogen-bond acceptors (Lipinski definition) is 6. The standard InChI is InChI=1S/C33H43N3O3/c1-19-35-27(39-36-19)33-13-11-28(2,3)17-21(33)25-22(37)15-24-30(6)16-20(18-34)26(38)29(4,5)23(30)9-10-31(24,7)32(25,8)12-14-33/h15-16,21,23,25H,9-14,17H2,1-8H3/t21-,23-,25?,30-,31+,32+,33-/m0/s1. The van der Waals surface area contributed by atoms with Crippen molar-refractivity contribution < 1.29 is 14.1 Å². The fourth-order valence-electron chi connectivity index (χ4n) is 10.5. The number of nitriles is 1. The topological polar surface area (TPSA) is 96.9 Å². The smallest absolute Gasteiger partial charge is 0.233 e. The van der Waals surface area contributed by atoms with Gasteiger partial charge in [-0.1, -0.05) is 65.3 Å². The van der Waals surface area contributed by atoms with E-state index in [9.17, 15) is 14.9 Å². The van der Waals surface area contributed by atoms with Crippen molar-refractivity contribution in [2.24, 2.45) is 44.8 Å². The summed E-state index contributed by atoms with van der Waals surface area (Å²) in [6.07, 6.45) is 10.6. The normalized spacial score (nSPS) is 44.1. The highest BCUT2D eigenvalue weighted by Crippen LogP contribution is 2.74. The van der Waals surface area contributed by atoms with Gasteiger partial charge in [0.15, 0.2) is 17.4 Å². The van der Waals surface area contributed by atoms with Crippen LogP contribution in [0.4, 0.5) is 0 Å². The molecule has 0 amide bonds. The maximum absolute atomic E-state index is 14.6. The van der Waals surface area contributed by atoms with Crippen molar-refractivity contribution in [3.8, 4) is 6.07 Å². The second-order valence-corrected chi connectivity index (χ2v) is 15.6. The van der Waals surface area contributed by atoms with Crippen LogP contribution in [0.1, 0.15) is 105 Å². The van der Waals surface area contributed by atoms with E-state index in [1.54, 1.807) is 0 Å². The highest BCUT2D eigenvalue weighted by Gasteiger charge is 2.70. The van der Waals surface area contributed by atoms with Crippen molar-refractivity contribution in [1.82, 2.24) is 10.1 Å². The van der Waals surface area contributed by atoms with Crippen LogP contribution in [0.25, 0.3) is 0 Å². The van der Waals surface area contributed by atoms with Crippen LogP contribution in [-0.2, 0) is 15.0 Å². The molecule has 0 aliphatic heterocycles. The lowest BCUT2D eigenvalue weighted by Crippen LogP contribution is -2.65. The van der Waals surface area contributed by atoms with E-state index in [1.807, 2.05) is 32.9 Å². The Kier molecular flexibility index (Phi) is 5.33. The van der Waals surface area contributed by atoms with Crippen LogP contribution in [0.15, 0.2) is 27.8 Å². The molecule has 208 valence electrons. The van der Waals surface area contributed by atoms with E-state index in [0.29, 0.717) is 5.82 Å². The second-order valence-electron chi connectivity index (χ2n) is 15.6. The van der Waals surface area contributed by atoms with Crippen LogP contribution < -0.4 is 0 Å². The molecule has 0 saturated heterocycles. The monoisotopic (exact) mass is 529 g/mol. The summed E-state index contributed by atoms with van der Waals surface area (Å²) in [4.78, 5) is 32.6. The molecule has 0 radical (unpaired) electrons. The summed E-state index contributed by atoms with van der Waals surface area (Å²) in [7, 11) is 0. The molecule has 0 bridgehead atoms. The van der Waals surface area contributed by atoms with E-state index in [-0.39, 0.29) is 56.6 Å². The largest absolute Gasteiger partial charge is 0.339 e. The average molecular weight is 530 g/mol. The first-order valence-electron chi connectivity index (χ1n) is 14.8. The fraction of sp³-hybridized carbons (Fsp3) is 0.727. The van der Waals surface area contributed by atoms with Crippen molar-refractivity contribution in [2.75, 3.05) is 0 Å². The van der Waals surface area contributed by atoms with Crippen LogP contribution in [0, 0.1) is 63.1 Å². The fourth-order valence-corrected chi connectivity index (χ4v) is 10.5. The number of Topliss-reactive ketones (excluding diaryl/α,β-unsaturated/α-hetero) is 1. The first kappa shape index (κ1) is 26.7. The van der Waals surface area contributed by atoms with E-state index in [2.05, 4.69) is 45.8 Å². The summed E-state index contributed by atoms with van der Waals surface area (Å²) >= 11 is 0. The predicted octanol–water partition coefficient (Wildman–Crippen LogP) is 6.85. The van der Waals surface area contributed by atoms with Crippen molar-refractivity contribution in [2.45, 2.75) is 106 Å². The van der Waals surface area contributed by atoms with Crippen molar-refractivity contribution in [3.05, 3.63) is 35.0 Å². The molecular weight excluding hydrogens is 486 g/mol. The van der Waals surface area contributed by atoms with Gasteiger partial charge in [-0.2, -0.15) is 10.2 Å². The van der Waals surface area contributed by atoms with Gasteiger partial charge in [-0.05, 0) is 86.0 Å². The molecule has 6 rings (SSSR count). The molecule has 5 aliphatic carbocycles. The van der Waals surface area contributed by atoms with Crippen LogP contribution >= 0.6 is 0 Å². The molecule has 0 N–H and O–H groups in total. The molecule has 7 atom stereocenters. The molecule has 1 aromatic heterocycles. The highest BCUT2D eigenvalue weighted by molar-refractivity contribution is 6.04. The zero-order valence-electron chi connectivity index (χ0n) is 24.9. The quantitative estimate of drug-likeness (QED) is 0.395. The van der Waals surface area contributed by atoms with E-state index in [0.717, 1.165) is 56.4 Å². The molecule has 3 fully saturated rings. The van der Waals surface area contributed by atoms with E-state index >= 15 is 0 Å². The summed E-state index contributed by atoms with van der Waals surface area (Å²) in [6.45, 7) is 17.4. The van der Waals surface area contributed by atoms with Gasteiger partial charge in [-0.25, -0.2) is 0 Å². The molecule has 0 spiro atoms. The Morgan fingerprint density at radius 3 is 2.33 bits per heavy atom. The number of hydrogen-bond donors (Lipinski definition) is 0. The zero-order chi connectivity index (χ0) is 28.4. The molecule has 1 heterocycles. The van der Waals surface area contributed by atoms with E-state index < -0.39 is 10.8 Å². The summed E-state index contributed by atoms with van der Waals surface area (Å²) < 4.78 is 5.90. The maximum atomic E-state index is 14.6. The molecule has 0 aromatic carbocycles. The lowest BCUT2D eigenvalue weighted by molar-refractivity contribution is -0.161. The second kappa shape index (κ2) is 7.80. The Balaban J connectivity index is 1.54. The van der Waals surface area contributed by atoms with Gasteiger partial charge in [0.05, 0.1) is 11.0 Å². The average Bonchev–Trinajstić information content (AvgIpc) is 3.29. The van der Waals surface area contributed by atoms with Gasteiger partial charge in [0.2, 0.25) is 5.89 Å². The third-order valence-electron chi connectivity index (χ3n) is 12.8. The Labute approximate surface area is 232 Å². The number of aryl methyl sites for hydroxylation is 1. The van der Waals surface area contributed by atoms with E-state index in [4.69, 9.17) is 9.51 Å². The summed E-state index contributed by atoms with van der Waals surface area (Å²) in [6, 6.07) is 2.20. The minimum atomic E-state index is -0.650. The van der Waals surface area contributed by atoms with Gasteiger partial charge in [0, 0.05) is 16.7 Å². The number of ketones is 2. The van der Waals surface area contributed by atoms with Crippen LogP contribution in [0.5, 0.6) is 0 Å². The van der Waals surface area contributed by atoms with Crippen molar-refractivity contribution in [3.63, 3.8) is 0 Å². The van der Waals surface area contributed by atoms with Gasteiger partial charge in [-0.15, -0.1) is 0 Å². The SMILES string of the molecule is Cc1noc([C@]23CCC(C)(C)C[C@H]2C2C(=O)C=C4[C@@]5(C)C=C(C#N)C(=O)C(C)(C)[C@@H]5CC[C@@]4(C)[C@]2(C)CC3)n1. The molecule has 6 heteroatoms. The minimum Gasteiger partial charge on any atom is -0.339 e. The number of rotatable bonds is 1. The number of allylic oxidation sites excluding steroid dienone is 4. The third kappa shape index (κ3) is 3.19. The maximum Gasteiger partial charge on any atom is 0.233 e. The lowest BCUT2D eigenvalue weighted by Gasteiger charge is -2.68. The number of aromatic nitrogens is 2. The first-order chi connectivity index (χ1) is 18.1. The molecule has 6 nitrogen and oxygen atoms in total. The molecular formula is C33H43N3O3. The number of nitrogens with zero attached hydrogens (tertiary/aromatic N) is 3. The van der Waals surface area contributed by atoms with Gasteiger partial charge >= 0.3 is 0 Å². The van der Waals surface area contributed by atoms with E-state index in [1.165, 1.54) is 0 Å². The van der Waals surface area contributed by atoms with Crippen LogP contribution in [0.2, 0.25) is 0 Å². The number of carbonyl (C=O) groups excluding carboxylic acids is 2. The van der Waals surface area contributed by atoms with Gasteiger partial charge < -0.3 is 4.52 Å². The Morgan fingerprint density at radius 2 is 1.69 bits per heavy atom. The molecule has 1 unspecified atom stereocenters. The van der Waals surface area contributed by atoms with Gasteiger partial charge in [0.25, 0.3) is 0 Å². The first-order valence-corrected chi connectivity index (χ1v) is 14.8. The van der Waals surface area contributed by atoms with Crippen LogP contribution in [0.3, 0.4) is 0 Å². The third-order valence-corrected chi connectivity index (χ3v) is 12.8. The minimum absolute atomic E-state index is 0.0551. The number of fused-ring (bicyclic) bond motifs is 7. The van der Waals surface area contributed by atoms with Crippen molar-refractivity contribution in [1.29, 1.82) is 5.26 Å². The summed E-state index contributed by atoms with van der Waals surface area (Å²) in [5, 5.41) is 14.1. The lowest BCUT2D eigenvalue weighted by atomic mass is 9.34. The van der Waals surface area contributed by atoms with Gasteiger partial charge in [0.1, 0.15) is 6.07 Å². The van der Waals surface area contributed by atoms with Crippen LogP contribution in [-0.4, -0.2) is 21.7 Å². The summed E-state index contributed by atoms with van der Waals surface area (Å²) in [5.41, 5.74) is -0.382. The molecule has 1 aromatic rings. The van der Waals surface area contributed by atoms with Crippen molar-refractivity contribution >= 4 is 11.6 Å². The molecule has 39 heavy (non-hydrogen) atoms. The molecule has 5 aliphatic rings. The Hall–Kier alpha value is -2.55. The zero-order valence-corrected chi connectivity index (χ0v) is 24.9. The number of carbonyl (C=O) groups is 2. The summed E-state index contributed by atoms with van der Waals surface area (Å²) in [5.74, 6) is 1.56. The Bertz CT molecular complexity index is 1390. The Morgan fingerprint density at radius 1 is 1.00 bits per heavy atom. The van der Waals surface area contributed by atoms with Gasteiger partial charge in [-0.3, -0.25) is 9.59 Å². The highest BCUT2D eigenvalue weighted by atomic mass is 16.5. The predicted molar refractivity (Wildman–Crippen MR) is 147 cm³/mol. The molecule has 3 saturated carbocycles.